The molecule has 1 saturated heterocycles. The van der Waals surface area contributed by atoms with E-state index in [9.17, 15) is 14.3 Å². The Kier molecular flexibility index (Phi) is 3.25. The van der Waals surface area contributed by atoms with Crippen molar-refractivity contribution in [3.05, 3.63) is 34.1 Å². The number of amides is 1. The van der Waals surface area contributed by atoms with Crippen molar-refractivity contribution in [1.29, 1.82) is 0 Å². The maximum absolute atomic E-state index is 13.4. The third-order valence-corrected chi connectivity index (χ3v) is 3.10. The minimum Gasteiger partial charge on any atom is -0.391 e. The zero-order valence-electron chi connectivity index (χ0n) is 8.49. The SMILES string of the molecule is O=C(c1cc(Br)ccc1F)N1CC[C@@H](O)C1. The van der Waals surface area contributed by atoms with E-state index < -0.39 is 11.9 Å². The molecular weight excluding hydrogens is 277 g/mol. The Hall–Kier alpha value is -0.940. The highest BCUT2D eigenvalue weighted by Gasteiger charge is 2.26. The molecule has 1 aromatic rings. The van der Waals surface area contributed by atoms with Gasteiger partial charge in [-0.1, -0.05) is 15.9 Å². The highest BCUT2D eigenvalue weighted by atomic mass is 79.9. The first-order chi connectivity index (χ1) is 7.58. The molecule has 0 spiro atoms. The number of carbonyl (C=O) groups excluding carboxylic acids is 1. The third-order valence-electron chi connectivity index (χ3n) is 2.61. The van der Waals surface area contributed by atoms with Gasteiger partial charge >= 0.3 is 0 Å². The van der Waals surface area contributed by atoms with Crippen molar-refractivity contribution in [2.24, 2.45) is 0 Å². The first-order valence-electron chi connectivity index (χ1n) is 5.00. The Labute approximate surface area is 101 Å². The van der Waals surface area contributed by atoms with E-state index in [1.54, 1.807) is 6.07 Å². The van der Waals surface area contributed by atoms with Crippen molar-refractivity contribution in [3.63, 3.8) is 0 Å². The van der Waals surface area contributed by atoms with Crippen LogP contribution in [0.3, 0.4) is 0 Å². The molecule has 1 atom stereocenters. The molecule has 5 heteroatoms. The molecule has 86 valence electrons. The van der Waals surface area contributed by atoms with Gasteiger partial charge in [-0.25, -0.2) is 4.39 Å². The summed E-state index contributed by atoms with van der Waals surface area (Å²) in [5.41, 5.74) is 0.0449. The van der Waals surface area contributed by atoms with Crippen LogP contribution in [0.5, 0.6) is 0 Å². The van der Waals surface area contributed by atoms with Gasteiger partial charge < -0.3 is 10.0 Å². The van der Waals surface area contributed by atoms with Gasteiger partial charge in [-0.15, -0.1) is 0 Å². The van der Waals surface area contributed by atoms with E-state index >= 15 is 0 Å². The fraction of sp³-hybridized carbons (Fsp3) is 0.364. The summed E-state index contributed by atoms with van der Waals surface area (Å²) < 4.78 is 14.1. The van der Waals surface area contributed by atoms with Crippen molar-refractivity contribution < 1.29 is 14.3 Å². The van der Waals surface area contributed by atoms with Crippen molar-refractivity contribution >= 4 is 21.8 Å². The molecule has 1 aromatic carbocycles. The van der Waals surface area contributed by atoms with E-state index in [-0.39, 0.29) is 18.0 Å². The average Bonchev–Trinajstić information content (AvgIpc) is 2.67. The number of aliphatic hydroxyl groups is 1. The summed E-state index contributed by atoms with van der Waals surface area (Å²) in [6, 6.07) is 4.26. The smallest absolute Gasteiger partial charge is 0.256 e. The molecule has 0 saturated carbocycles. The van der Waals surface area contributed by atoms with Crippen LogP contribution >= 0.6 is 15.9 Å². The molecule has 0 unspecified atom stereocenters. The zero-order chi connectivity index (χ0) is 11.7. The Morgan fingerprint density at radius 1 is 1.56 bits per heavy atom. The number of hydrogen-bond acceptors (Lipinski definition) is 2. The molecule has 1 aliphatic rings. The molecule has 1 heterocycles. The minimum atomic E-state index is -0.533. The largest absolute Gasteiger partial charge is 0.391 e. The number of aliphatic hydroxyl groups excluding tert-OH is 1. The molecule has 16 heavy (non-hydrogen) atoms. The van der Waals surface area contributed by atoms with E-state index in [1.807, 2.05) is 0 Å². The van der Waals surface area contributed by atoms with Crippen LogP contribution in [0.2, 0.25) is 0 Å². The van der Waals surface area contributed by atoms with E-state index in [0.29, 0.717) is 17.4 Å². The Balaban J connectivity index is 2.23. The van der Waals surface area contributed by atoms with Gasteiger partial charge in [0, 0.05) is 17.6 Å². The van der Waals surface area contributed by atoms with Gasteiger partial charge in [-0.05, 0) is 24.6 Å². The molecule has 3 nitrogen and oxygen atoms in total. The van der Waals surface area contributed by atoms with Crippen LogP contribution in [0.4, 0.5) is 4.39 Å². The van der Waals surface area contributed by atoms with Gasteiger partial charge in [0.25, 0.3) is 5.91 Å². The summed E-state index contributed by atoms with van der Waals surface area (Å²) >= 11 is 3.20. The molecule has 1 N–H and O–H groups in total. The Morgan fingerprint density at radius 3 is 2.94 bits per heavy atom. The monoisotopic (exact) mass is 287 g/mol. The summed E-state index contributed by atoms with van der Waals surface area (Å²) in [7, 11) is 0. The lowest BCUT2D eigenvalue weighted by atomic mass is 10.2. The number of carbonyl (C=O) groups is 1. The normalized spacial score (nSPS) is 20.2. The van der Waals surface area contributed by atoms with Crippen molar-refractivity contribution in [3.8, 4) is 0 Å². The van der Waals surface area contributed by atoms with Crippen LogP contribution in [-0.2, 0) is 0 Å². The average molecular weight is 288 g/mol. The summed E-state index contributed by atoms with van der Waals surface area (Å²) in [6.07, 6.45) is 0.0700. The van der Waals surface area contributed by atoms with E-state index in [0.717, 1.165) is 0 Å². The molecule has 0 aromatic heterocycles. The van der Waals surface area contributed by atoms with E-state index in [1.165, 1.54) is 17.0 Å². The minimum absolute atomic E-state index is 0.0449. The number of halogens is 2. The van der Waals surface area contributed by atoms with Crippen LogP contribution < -0.4 is 0 Å². The lowest BCUT2D eigenvalue weighted by Crippen LogP contribution is -2.30. The second-order valence-electron chi connectivity index (χ2n) is 3.82. The molecule has 2 rings (SSSR count). The summed E-state index contributed by atoms with van der Waals surface area (Å²) in [4.78, 5) is 13.4. The van der Waals surface area contributed by atoms with Gasteiger partial charge in [0.15, 0.2) is 0 Å². The summed E-state index contributed by atoms with van der Waals surface area (Å²) in [6.45, 7) is 0.761. The molecule has 1 amide bonds. The van der Waals surface area contributed by atoms with Crippen molar-refractivity contribution in [2.45, 2.75) is 12.5 Å². The molecule has 0 radical (unpaired) electrons. The maximum Gasteiger partial charge on any atom is 0.256 e. The van der Waals surface area contributed by atoms with Crippen LogP contribution in [0, 0.1) is 5.82 Å². The number of β-amino-alcohol motifs (C(OH)–C–C–N with tert-alkyl or cyclic N) is 1. The first kappa shape index (κ1) is 11.5. The number of benzene rings is 1. The van der Waals surface area contributed by atoms with Crippen LogP contribution in [0.15, 0.2) is 22.7 Å². The van der Waals surface area contributed by atoms with Crippen LogP contribution in [0.1, 0.15) is 16.8 Å². The molecule has 1 fully saturated rings. The van der Waals surface area contributed by atoms with Crippen molar-refractivity contribution in [1.82, 2.24) is 4.90 Å². The number of rotatable bonds is 1. The molecular formula is C11H11BrFNO2. The van der Waals surface area contributed by atoms with Gasteiger partial charge in [-0.2, -0.15) is 0 Å². The second kappa shape index (κ2) is 4.51. The van der Waals surface area contributed by atoms with E-state index in [2.05, 4.69) is 15.9 Å². The Bertz CT molecular complexity index is 424. The summed E-state index contributed by atoms with van der Waals surface area (Å²) in [5.74, 6) is -0.898. The van der Waals surface area contributed by atoms with Gasteiger partial charge in [0.05, 0.1) is 11.7 Å². The Morgan fingerprint density at radius 2 is 2.31 bits per heavy atom. The quantitative estimate of drug-likeness (QED) is 0.856. The van der Waals surface area contributed by atoms with Gasteiger partial charge in [0.2, 0.25) is 0 Å². The lowest BCUT2D eigenvalue weighted by molar-refractivity contribution is 0.0760. The van der Waals surface area contributed by atoms with Gasteiger partial charge in [-0.3, -0.25) is 4.79 Å². The molecule has 0 aliphatic carbocycles. The van der Waals surface area contributed by atoms with Gasteiger partial charge in [0.1, 0.15) is 5.82 Å². The van der Waals surface area contributed by atoms with Crippen LogP contribution in [0.25, 0.3) is 0 Å². The number of nitrogens with zero attached hydrogens (tertiary/aromatic N) is 1. The van der Waals surface area contributed by atoms with E-state index in [4.69, 9.17) is 0 Å². The third kappa shape index (κ3) is 2.25. The highest BCUT2D eigenvalue weighted by molar-refractivity contribution is 9.10. The predicted octanol–water partition coefficient (Wildman–Crippen LogP) is 1.79. The zero-order valence-corrected chi connectivity index (χ0v) is 10.1. The maximum atomic E-state index is 13.4. The van der Waals surface area contributed by atoms with Crippen LogP contribution in [-0.4, -0.2) is 35.1 Å². The fourth-order valence-electron chi connectivity index (χ4n) is 1.76. The molecule has 1 aliphatic heterocycles. The topological polar surface area (TPSA) is 40.5 Å². The highest BCUT2D eigenvalue weighted by Crippen LogP contribution is 2.19. The second-order valence-corrected chi connectivity index (χ2v) is 4.73. The fourth-order valence-corrected chi connectivity index (χ4v) is 2.12. The van der Waals surface area contributed by atoms with Crippen molar-refractivity contribution in [2.75, 3.05) is 13.1 Å². The summed E-state index contributed by atoms with van der Waals surface area (Å²) in [5, 5.41) is 9.32. The standard InChI is InChI=1S/C11H11BrFNO2/c12-7-1-2-10(13)9(5-7)11(16)14-4-3-8(15)6-14/h1-2,5,8,15H,3-4,6H2/t8-/m1/s1. The predicted molar refractivity (Wildman–Crippen MR) is 60.6 cm³/mol. The molecule has 0 bridgehead atoms. The number of likely N-dealkylation sites (tertiary alicyclic amines) is 1. The number of hydrogen-bond donors (Lipinski definition) is 1. The lowest BCUT2D eigenvalue weighted by Gasteiger charge is -2.15. The first-order valence-corrected chi connectivity index (χ1v) is 5.79.